The number of hydrogen-bond donors (Lipinski definition) is 3. The lowest BCUT2D eigenvalue weighted by Gasteiger charge is -2.22. The Labute approximate surface area is 115 Å². The molecule has 1 unspecified atom stereocenters. The van der Waals surface area contributed by atoms with Gasteiger partial charge in [0.15, 0.2) is 0 Å². The maximum Gasteiger partial charge on any atom is 0.249 e. The third-order valence-electron chi connectivity index (χ3n) is 2.62. The Balaban J connectivity index is 2.00. The summed E-state index contributed by atoms with van der Waals surface area (Å²) in [5.74, 6) is -0.872. The van der Waals surface area contributed by atoms with E-state index in [2.05, 4.69) is 16.0 Å². The Kier molecular flexibility index (Phi) is 4.31. The summed E-state index contributed by atoms with van der Waals surface area (Å²) >= 11 is 0. The van der Waals surface area contributed by atoms with Gasteiger partial charge in [0.1, 0.15) is 12.6 Å². The van der Waals surface area contributed by atoms with Crippen molar-refractivity contribution in [1.82, 2.24) is 5.32 Å². The van der Waals surface area contributed by atoms with E-state index in [0.717, 1.165) is 0 Å². The van der Waals surface area contributed by atoms with Crippen LogP contribution in [0.15, 0.2) is 24.3 Å². The van der Waals surface area contributed by atoms with Crippen molar-refractivity contribution in [2.45, 2.75) is 13.0 Å². The van der Waals surface area contributed by atoms with Crippen molar-refractivity contribution < 1.29 is 19.1 Å². The average molecular weight is 277 g/mol. The van der Waals surface area contributed by atoms with E-state index in [9.17, 15) is 14.4 Å². The second-order valence-corrected chi connectivity index (χ2v) is 4.39. The Bertz CT molecular complexity index is 544. The molecule has 0 radical (unpaired) electrons. The molecule has 3 N–H and O–H groups in total. The first-order chi connectivity index (χ1) is 9.54. The molecule has 1 aromatic carbocycles. The number of anilines is 2. The molecule has 1 aliphatic heterocycles. The van der Waals surface area contributed by atoms with E-state index in [1.807, 2.05) is 0 Å². The smallest absolute Gasteiger partial charge is 0.249 e. The van der Waals surface area contributed by atoms with Crippen LogP contribution in [0.1, 0.15) is 6.92 Å². The molecule has 3 amide bonds. The van der Waals surface area contributed by atoms with Crippen molar-refractivity contribution in [3.63, 3.8) is 0 Å². The van der Waals surface area contributed by atoms with Crippen molar-refractivity contribution in [2.75, 3.05) is 23.8 Å². The van der Waals surface area contributed by atoms with Crippen LogP contribution >= 0.6 is 0 Å². The molecule has 1 atom stereocenters. The van der Waals surface area contributed by atoms with Gasteiger partial charge in [-0.15, -0.1) is 0 Å². The van der Waals surface area contributed by atoms with Crippen LogP contribution in [-0.4, -0.2) is 37.0 Å². The third kappa shape index (κ3) is 3.79. The summed E-state index contributed by atoms with van der Waals surface area (Å²) in [7, 11) is 0. The zero-order valence-electron chi connectivity index (χ0n) is 10.9. The van der Waals surface area contributed by atoms with Gasteiger partial charge in [0, 0.05) is 18.3 Å². The summed E-state index contributed by atoms with van der Waals surface area (Å²) in [6.07, 6.45) is 0. The molecular weight excluding hydrogens is 262 g/mol. The molecule has 0 aromatic heterocycles. The molecule has 1 aromatic rings. The lowest BCUT2D eigenvalue weighted by molar-refractivity contribution is -0.136. The van der Waals surface area contributed by atoms with Gasteiger partial charge in [-0.1, -0.05) is 6.07 Å². The molecule has 1 fully saturated rings. The second-order valence-electron chi connectivity index (χ2n) is 4.39. The van der Waals surface area contributed by atoms with Crippen LogP contribution in [0.3, 0.4) is 0 Å². The van der Waals surface area contributed by atoms with Crippen LogP contribution in [-0.2, 0) is 19.1 Å². The maximum absolute atomic E-state index is 12.0. The minimum atomic E-state index is -0.708. The number of ether oxygens (including phenoxy) is 1. The van der Waals surface area contributed by atoms with E-state index in [1.54, 1.807) is 24.3 Å². The summed E-state index contributed by atoms with van der Waals surface area (Å²) in [6.45, 7) is 1.52. The first-order valence-electron chi connectivity index (χ1n) is 6.10. The van der Waals surface area contributed by atoms with Crippen LogP contribution in [0.2, 0.25) is 0 Å². The minimum absolute atomic E-state index is 0.0260. The van der Waals surface area contributed by atoms with Gasteiger partial charge >= 0.3 is 0 Å². The number of hydrogen-bond acceptors (Lipinski definition) is 4. The standard InChI is InChI=1S/C13H15N3O4/c1-8(17)14-9-3-2-4-10(5-9)15-13(19)11-6-20-7-12(18)16-11/h2-5,11H,6-7H2,1H3,(H,14,17)(H,15,19)(H,16,18). The average Bonchev–Trinajstić information content (AvgIpc) is 2.38. The largest absolute Gasteiger partial charge is 0.369 e. The molecule has 1 aliphatic rings. The fourth-order valence-corrected chi connectivity index (χ4v) is 1.80. The maximum atomic E-state index is 12.0. The van der Waals surface area contributed by atoms with Crippen LogP contribution in [0.4, 0.5) is 11.4 Å². The Morgan fingerprint density at radius 1 is 1.30 bits per heavy atom. The highest BCUT2D eigenvalue weighted by Crippen LogP contribution is 2.15. The summed E-state index contributed by atoms with van der Waals surface area (Å²) < 4.78 is 5.00. The van der Waals surface area contributed by atoms with Crippen LogP contribution in [0.5, 0.6) is 0 Å². The highest BCUT2D eigenvalue weighted by atomic mass is 16.5. The van der Waals surface area contributed by atoms with Gasteiger partial charge in [-0.25, -0.2) is 0 Å². The van der Waals surface area contributed by atoms with E-state index >= 15 is 0 Å². The molecule has 0 spiro atoms. The van der Waals surface area contributed by atoms with Gasteiger partial charge < -0.3 is 20.7 Å². The molecular formula is C13H15N3O4. The van der Waals surface area contributed by atoms with Crippen LogP contribution in [0, 0.1) is 0 Å². The molecule has 7 heteroatoms. The predicted octanol–water partition coefficient (Wildman–Crippen LogP) is 0.0985. The van der Waals surface area contributed by atoms with Gasteiger partial charge in [-0.2, -0.15) is 0 Å². The lowest BCUT2D eigenvalue weighted by Crippen LogP contribution is -2.51. The second kappa shape index (κ2) is 6.16. The molecule has 20 heavy (non-hydrogen) atoms. The van der Waals surface area contributed by atoms with Crippen LogP contribution in [0.25, 0.3) is 0 Å². The topological polar surface area (TPSA) is 96.5 Å². The number of carbonyl (C=O) groups is 3. The molecule has 0 bridgehead atoms. The summed E-state index contributed by atoms with van der Waals surface area (Å²) in [5, 5.41) is 7.82. The number of nitrogens with one attached hydrogen (secondary N) is 3. The first kappa shape index (κ1) is 14.0. The van der Waals surface area contributed by atoms with Crippen molar-refractivity contribution in [3.05, 3.63) is 24.3 Å². The number of amides is 3. The molecule has 0 aliphatic carbocycles. The molecule has 106 valence electrons. The molecule has 2 rings (SSSR count). The number of morpholine rings is 1. The SMILES string of the molecule is CC(=O)Nc1cccc(NC(=O)C2COCC(=O)N2)c1. The van der Waals surface area contributed by atoms with Crippen molar-refractivity contribution >= 4 is 29.1 Å². The summed E-state index contributed by atoms with van der Waals surface area (Å²) in [6, 6.07) is 6.03. The molecule has 0 saturated carbocycles. The van der Waals surface area contributed by atoms with E-state index in [1.165, 1.54) is 6.92 Å². The fourth-order valence-electron chi connectivity index (χ4n) is 1.80. The number of rotatable bonds is 3. The normalized spacial score (nSPS) is 18.1. The van der Waals surface area contributed by atoms with E-state index in [-0.39, 0.29) is 30.9 Å². The van der Waals surface area contributed by atoms with Crippen molar-refractivity contribution in [3.8, 4) is 0 Å². The first-order valence-corrected chi connectivity index (χ1v) is 6.10. The Morgan fingerprint density at radius 2 is 2.00 bits per heavy atom. The quantitative estimate of drug-likeness (QED) is 0.730. The molecule has 1 saturated heterocycles. The van der Waals surface area contributed by atoms with Crippen molar-refractivity contribution in [1.29, 1.82) is 0 Å². The third-order valence-corrected chi connectivity index (χ3v) is 2.62. The van der Waals surface area contributed by atoms with Gasteiger partial charge in [-0.05, 0) is 18.2 Å². The van der Waals surface area contributed by atoms with Gasteiger partial charge in [0.25, 0.3) is 0 Å². The zero-order valence-corrected chi connectivity index (χ0v) is 10.9. The fraction of sp³-hybridized carbons (Fsp3) is 0.308. The van der Waals surface area contributed by atoms with Gasteiger partial charge in [0.05, 0.1) is 6.61 Å². The number of carbonyl (C=O) groups excluding carboxylic acids is 3. The van der Waals surface area contributed by atoms with Gasteiger partial charge in [0.2, 0.25) is 17.7 Å². The van der Waals surface area contributed by atoms with Crippen molar-refractivity contribution in [2.24, 2.45) is 0 Å². The Hall–Kier alpha value is -2.41. The Morgan fingerprint density at radius 3 is 2.65 bits per heavy atom. The summed E-state index contributed by atoms with van der Waals surface area (Å²) in [5.41, 5.74) is 1.11. The monoisotopic (exact) mass is 277 g/mol. The van der Waals surface area contributed by atoms with E-state index < -0.39 is 6.04 Å². The summed E-state index contributed by atoms with van der Waals surface area (Å²) in [4.78, 5) is 34.1. The lowest BCUT2D eigenvalue weighted by atomic mass is 10.2. The van der Waals surface area contributed by atoms with Gasteiger partial charge in [-0.3, -0.25) is 14.4 Å². The number of benzene rings is 1. The molecule has 7 nitrogen and oxygen atoms in total. The molecule has 1 heterocycles. The van der Waals surface area contributed by atoms with Crippen LogP contribution < -0.4 is 16.0 Å². The highest BCUT2D eigenvalue weighted by molar-refractivity contribution is 5.98. The highest BCUT2D eigenvalue weighted by Gasteiger charge is 2.25. The minimum Gasteiger partial charge on any atom is -0.369 e. The zero-order chi connectivity index (χ0) is 14.5. The predicted molar refractivity (Wildman–Crippen MR) is 72.1 cm³/mol. The van der Waals surface area contributed by atoms with E-state index in [0.29, 0.717) is 11.4 Å². The van der Waals surface area contributed by atoms with E-state index in [4.69, 9.17) is 4.74 Å².